The summed E-state index contributed by atoms with van der Waals surface area (Å²) in [5, 5.41) is 5.71. The predicted molar refractivity (Wildman–Crippen MR) is 99.6 cm³/mol. The van der Waals surface area contributed by atoms with E-state index in [1.807, 2.05) is 60.8 Å². The Labute approximate surface area is 151 Å². The highest BCUT2D eigenvalue weighted by Crippen LogP contribution is 2.15. The molecule has 0 spiro atoms. The van der Waals surface area contributed by atoms with Crippen LogP contribution in [0.15, 0.2) is 60.0 Å². The third-order valence-electron chi connectivity index (χ3n) is 3.62. The maximum Gasteiger partial charge on any atom is 0.226 e. The first-order valence-electron chi connectivity index (χ1n) is 8.12. The second-order valence-corrected chi connectivity index (χ2v) is 6.72. The maximum atomic E-state index is 12.1. The minimum Gasteiger partial charge on any atom is -0.486 e. The number of aryl methyl sites for hydroxylation is 1. The van der Waals surface area contributed by atoms with Gasteiger partial charge in [0.15, 0.2) is 0 Å². The Morgan fingerprint density at radius 3 is 2.80 bits per heavy atom. The van der Waals surface area contributed by atoms with E-state index in [0.717, 1.165) is 22.0 Å². The van der Waals surface area contributed by atoms with Gasteiger partial charge in [-0.1, -0.05) is 48.0 Å². The Morgan fingerprint density at radius 1 is 1.16 bits per heavy atom. The average molecular weight is 352 g/mol. The molecule has 0 radical (unpaired) electrons. The highest BCUT2D eigenvalue weighted by Gasteiger charge is 2.08. The summed E-state index contributed by atoms with van der Waals surface area (Å²) in [4.78, 5) is 16.5. The minimum absolute atomic E-state index is 0.0256. The normalized spacial score (nSPS) is 10.4. The summed E-state index contributed by atoms with van der Waals surface area (Å²) in [5.74, 6) is 0.789. The summed E-state index contributed by atoms with van der Waals surface area (Å²) in [7, 11) is 0. The first kappa shape index (κ1) is 17.2. The van der Waals surface area contributed by atoms with E-state index in [-0.39, 0.29) is 12.3 Å². The molecule has 3 rings (SSSR count). The molecule has 0 aliphatic rings. The third-order valence-corrected chi connectivity index (χ3v) is 4.49. The van der Waals surface area contributed by atoms with E-state index in [1.165, 1.54) is 16.9 Å². The Balaban J connectivity index is 1.46. The number of benzene rings is 2. The highest BCUT2D eigenvalue weighted by atomic mass is 32.1. The van der Waals surface area contributed by atoms with Crippen LogP contribution in [-0.2, 0) is 24.4 Å². The topological polar surface area (TPSA) is 51.2 Å². The van der Waals surface area contributed by atoms with Gasteiger partial charge in [-0.2, -0.15) is 0 Å². The number of rotatable bonds is 7. The zero-order valence-electron chi connectivity index (χ0n) is 14.1. The molecule has 0 unspecified atom stereocenters. The number of carbonyl (C=O) groups excluding carboxylic acids is 1. The van der Waals surface area contributed by atoms with Crippen LogP contribution in [0.5, 0.6) is 5.75 Å². The SMILES string of the molecule is Cc1cccc(CNC(=O)Cc2csc(COc3ccccc3)n2)c1. The van der Waals surface area contributed by atoms with Crippen molar-refractivity contribution in [2.45, 2.75) is 26.5 Å². The van der Waals surface area contributed by atoms with Crippen molar-refractivity contribution in [2.24, 2.45) is 0 Å². The number of nitrogens with zero attached hydrogens (tertiary/aromatic N) is 1. The molecule has 0 fully saturated rings. The van der Waals surface area contributed by atoms with E-state index in [9.17, 15) is 4.79 Å². The van der Waals surface area contributed by atoms with E-state index in [2.05, 4.69) is 16.4 Å². The van der Waals surface area contributed by atoms with Crippen molar-refractivity contribution in [1.82, 2.24) is 10.3 Å². The van der Waals surface area contributed by atoms with E-state index in [1.54, 1.807) is 0 Å². The van der Waals surface area contributed by atoms with Gasteiger partial charge >= 0.3 is 0 Å². The largest absolute Gasteiger partial charge is 0.486 e. The predicted octanol–water partition coefficient (Wildman–Crippen LogP) is 3.89. The summed E-state index contributed by atoms with van der Waals surface area (Å²) in [6, 6.07) is 17.7. The maximum absolute atomic E-state index is 12.1. The molecule has 25 heavy (non-hydrogen) atoms. The fraction of sp³-hybridized carbons (Fsp3) is 0.200. The summed E-state index contributed by atoms with van der Waals surface area (Å²) in [6.45, 7) is 2.99. The molecular formula is C20H20N2O2S. The monoisotopic (exact) mass is 352 g/mol. The van der Waals surface area contributed by atoms with Crippen molar-refractivity contribution in [3.8, 4) is 5.75 Å². The molecule has 0 saturated heterocycles. The average Bonchev–Trinajstić information content (AvgIpc) is 3.06. The van der Waals surface area contributed by atoms with Crippen LogP contribution in [0.2, 0.25) is 0 Å². The van der Waals surface area contributed by atoms with Crippen molar-refractivity contribution in [3.63, 3.8) is 0 Å². The zero-order chi connectivity index (χ0) is 17.5. The highest BCUT2D eigenvalue weighted by molar-refractivity contribution is 7.09. The Bertz CT molecular complexity index is 830. The summed E-state index contributed by atoms with van der Waals surface area (Å²) < 4.78 is 5.67. The van der Waals surface area contributed by atoms with Crippen molar-refractivity contribution >= 4 is 17.2 Å². The van der Waals surface area contributed by atoms with Crippen LogP contribution in [0.4, 0.5) is 0 Å². The molecule has 1 aromatic heterocycles. The molecule has 0 bridgehead atoms. The number of thiazole rings is 1. The molecule has 2 aromatic carbocycles. The number of para-hydroxylation sites is 1. The van der Waals surface area contributed by atoms with Crippen LogP contribution in [0.25, 0.3) is 0 Å². The lowest BCUT2D eigenvalue weighted by molar-refractivity contribution is -0.120. The van der Waals surface area contributed by atoms with Gasteiger partial charge in [0.25, 0.3) is 0 Å². The fourth-order valence-electron chi connectivity index (χ4n) is 2.41. The standard InChI is InChI=1S/C20H20N2O2S/c1-15-6-5-7-16(10-15)12-21-19(23)11-17-14-25-20(22-17)13-24-18-8-3-2-4-9-18/h2-10,14H,11-13H2,1H3,(H,21,23). The molecule has 0 atom stereocenters. The van der Waals surface area contributed by atoms with E-state index >= 15 is 0 Å². The number of nitrogens with one attached hydrogen (secondary N) is 1. The molecule has 1 amide bonds. The molecule has 1 N–H and O–H groups in total. The van der Waals surface area contributed by atoms with Crippen LogP contribution in [0.3, 0.4) is 0 Å². The molecular weight excluding hydrogens is 332 g/mol. The van der Waals surface area contributed by atoms with Crippen LogP contribution < -0.4 is 10.1 Å². The van der Waals surface area contributed by atoms with Crippen LogP contribution in [0, 0.1) is 6.92 Å². The summed E-state index contributed by atoms with van der Waals surface area (Å²) in [6.07, 6.45) is 0.285. The first-order valence-corrected chi connectivity index (χ1v) is 9.00. The molecule has 5 heteroatoms. The lowest BCUT2D eigenvalue weighted by Gasteiger charge is -2.05. The van der Waals surface area contributed by atoms with Gasteiger partial charge in [0.2, 0.25) is 5.91 Å². The number of ether oxygens (including phenoxy) is 1. The molecule has 4 nitrogen and oxygen atoms in total. The quantitative estimate of drug-likeness (QED) is 0.702. The minimum atomic E-state index is -0.0256. The van der Waals surface area contributed by atoms with E-state index < -0.39 is 0 Å². The van der Waals surface area contributed by atoms with Crippen LogP contribution >= 0.6 is 11.3 Å². The van der Waals surface area contributed by atoms with Gasteiger partial charge in [0, 0.05) is 11.9 Å². The Kier molecular flexibility index (Phi) is 5.80. The lowest BCUT2D eigenvalue weighted by Crippen LogP contribution is -2.24. The first-order chi connectivity index (χ1) is 12.2. The number of hydrogen-bond acceptors (Lipinski definition) is 4. The second kappa shape index (κ2) is 8.44. The second-order valence-electron chi connectivity index (χ2n) is 5.78. The molecule has 1 heterocycles. The third kappa shape index (κ3) is 5.43. The van der Waals surface area contributed by atoms with Gasteiger partial charge in [0.05, 0.1) is 12.1 Å². The van der Waals surface area contributed by atoms with E-state index in [4.69, 9.17) is 4.74 Å². The zero-order valence-corrected chi connectivity index (χ0v) is 14.9. The van der Waals surface area contributed by atoms with Gasteiger partial charge in [-0.15, -0.1) is 11.3 Å². The molecule has 3 aromatic rings. The van der Waals surface area contributed by atoms with Gasteiger partial charge < -0.3 is 10.1 Å². The summed E-state index contributed by atoms with van der Waals surface area (Å²) in [5.41, 5.74) is 3.07. The van der Waals surface area contributed by atoms with Crippen molar-refractivity contribution in [1.29, 1.82) is 0 Å². The Morgan fingerprint density at radius 2 is 2.00 bits per heavy atom. The summed E-state index contributed by atoms with van der Waals surface area (Å²) >= 11 is 1.51. The van der Waals surface area contributed by atoms with E-state index in [0.29, 0.717) is 13.2 Å². The number of amides is 1. The smallest absolute Gasteiger partial charge is 0.226 e. The molecule has 0 aliphatic carbocycles. The molecule has 0 saturated carbocycles. The van der Waals surface area contributed by atoms with Crippen molar-refractivity contribution in [3.05, 3.63) is 81.8 Å². The van der Waals surface area contributed by atoms with Gasteiger partial charge in [-0.25, -0.2) is 4.98 Å². The van der Waals surface area contributed by atoms with Crippen molar-refractivity contribution < 1.29 is 9.53 Å². The molecule has 128 valence electrons. The number of hydrogen-bond donors (Lipinski definition) is 1. The van der Waals surface area contributed by atoms with Gasteiger partial charge in [-0.3, -0.25) is 4.79 Å². The number of carbonyl (C=O) groups is 1. The van der Waals surface area contributed by atoms with Crippen molar-refractivity contribution in [2.75, 3.05) is 0 Å². The van der Waals surface area contributed by atoms with Gasteiger partial charge in [0.1, 0.15) is 17.4 Å². The van der Waals surface area contributed by atoms with Crippen LogP contribution in [0.1, 0.15) is 21.8 Å². The lowest BCUT2D eigenvalue weighted by atomic mass is 10.1. The molecule has 0 aliphatic heterocycles. The van der Waals surface area contributed by atoms with Gasteiger partial charge in [-0.05, 0) is 24.6 Å². The Hall–Kier alpha value is -2.66. The number of aromatic nitrogens is 1. The fourth-order valence-corrected chi connectivity index (χ4v) is 3.11. The van der Waals surface area contributed by atoms with Crippen LogP contribution in [-0.4, -0.2) is 10.9 Å².